The lowest BCUT2D eigenvalue weighted by atomic mass is 10.1. The van der Waals surface area contributed by atoms with E-state index in [-0.39, 0.29) is 0 Å². The average Bonchev–Trinajstić information content (AvgIpc) is 2.67. The van der Waals surface area contributed by atoms with E-state index < -0.39 is 0 Å². The van der Waals surface area contributed by atoms with E-state index in [2.05, 4.69) is 34.6 Å². The topological polar surface area (TPSA) is 49.9 Å². The summed E-state index contributed by atoms with van der Waals surface area (Å²) in [7, 11) is 1.70. The van der Waals surface area contributed by atoms with Crippen LogP contribution in [0.4, 0.5) is 5.69 Å². The molecule has 2 N–H and O–H groups in total. The van der Waals surface area contributed by atoms with Crippen molar-refractivity contribution in [2.24, 2.45) is 0 Å². The van der Waals surface area contributed by atoms with Gasteiger partial charge in [-0.2, -0.15) is 5.10 Å². The molecule has 0 saturated carbocycles. The summed E-state index contributed by atoms with van der Waals surface area (Å²) in [6.07, 6.45) is 0. The third kappa shape index (κ3) is 2.47. The number of benzene rings is 1. The predicted octanol–water partition coefficient (Wildman–Crippen LogP) is 2.96. The van der Waals surface area contributed by atoms with E-state index in [9.17, 15) is 0 Å². The number of nitrogens with zero attached hydrogens (tertiary/aromatic N) is 1. The summed E-state index contributed by atoms with van der Waals surface area (Å²) < 4.78 is 5.37. The second kappa shape index (κ2) is 5.12. The van der Waals surface area contributed by atoms with Crippen LogP contribution in [0.15, 0.2) is 18.2 Å². The number of H-pyrrole nitrogens is 1. The van der Waals surface area contributed by atoms with Crippen LogP contribution in [0.5, 0.6) is 5.75 Å². The number of methoxy groups -OCH3 is 1. The Labute approximate surface area is 107 Å². The molecule has 0 bridgehead atoms. The molecule has 18 heavy (non-hydrogen) atoms. The lowest BCUT2D eigenvalue weighted by Gasteiger charge is -2.11. The highest BCUT2D eigenvalue weighted by Gasteiger charge is 2.08. The van der Waals surface area contributed by atoms with Gasteiger partial charge in [-0.3, -0.25) is 5.10 Å². The Hall–Kier alpha value is -1.97. The molecule has 0 aliphatic carbocycles. The third-order valence-electron chi connectivity index (χ3n) is 3.02. The van der Waals surface area contributed by atoms with Crippen LogP contribution in [0.25, 0.3) is 0 Å². The molecule has 0 atom stereocenters. The first kappa shape index (κ1) is 12.5. The van der Waals surface area contributed by atoms with E-state index in [0.717, 1.165) is 34.9 Å². The van der Waals surface area contributed by atoms with Gasteiger partial charge in [0.15, 0.2) is 0 Å². The second-order valence-electron chi connectivity index (χ2n) is 4.48. The summed E-state index contributed by atoms with van der Waals surface area (Å²) in [5.74, 6) is 0.909. The Balaban J connectivity index is 2.17. The van der Waals surface area contributed by atoms with Crippen LogP contribution in [-0.2, 0) is 6.54 Å². The minimum absolute atomic E-state index is 0.728. The number of anilines is 1. The first-order chi connectivity index (χ1) is 8.61. The summed E-state index contributed by atoms with van der Waals surface area (Å²) >= 11 is 0. The maximum Gasteiger partial charge on any atom is 0.123 e. The van der Waals surface area contributed by atoms with Crippen molar-refractivity contribution in [3.05, 3.63) is 40.7 Å². The van der Waals surface area contributed by atoms with Gasteiger partial charge in [-0.1, -0.05) is 17.7 Å². The summed E-state index contributed by atoms with van der Waals surface area (Å²) in [6, 6.07) is 6.19. The third-order valence-corrected chi connectivity index (χ3v) is 3.02. The highest BCUT2D eigenvalue weighted by Crippen LogP contribution is 2.22. The van der Waals surface area contributed by atoms with Gasteiger partial charge in [-0.05, 0) is 26.8 Å². The molecule has 0 saturated heterocycles. The molecular weight excluding hydrogens is 226 g/mol. The van der Waals surface area contributed by atoms with Gasteiger partial charge in [0.05, 0.1) is 24.2 Å². The lowest BCUT2D eigenvalue weighted by Crippen LogP contribution is -2.03. The Bertz CT molecular complexity index is 526. The fourth-order valence-corrected chi connectivity index (χ4v) is 2.04. The maximum atomic E-state index is 5.37. The second-order valence-corrected chi connectivity index (χ2v) is 4.48. The number of hydrogen-bond acceptors (Lipinski definition) is 3. The minimum atomic E-state index is 0.728. The molecule has 0 aliphatic heterocycles. The molecule has 2 aromatic rings. The van der Waals surface area contributed by atoms with Crippen LogP contribution in [-0.4, -0.2) is 17.3 Å². The van der Waals surface area contributed by atoms with E-state index in [4.69, 9.17) is 4.74 Å². The van der Waals surface area contributed by atoms with Crippen molar-refractivity contribution < 1.29 is 4.74 Å². The quantitative estimate of drug-likeness (QED) is 0.870. The monoisotopic (exact) mass is 245 g/mol. The maximum absolute atomic E-state index is 5.37. The summed E-state index contributed by atoms with van der Waals surface area (Å²) in [5.41, 5.74) is 5.49. The van der Waals surface area contributed by atoms with E-state index in [1.165, 1.54) is 5.56 Å². The SMILES string of the molecule is COc1ccc(C)cc1CNc1c(C)n[nH]c1C. The van der Waals surface area contributed by atoms with Crippen molar-refractivity contribution in [3.8, 4) is 5.75 Å². The van der Waals surface area contributed by atoms with Crippen molar-refractivity contribution >= 4 is 5.69 Å². The van der Waals surface area contributed by atoms with E-state index in [1.54, 1.807) is 7.11 Å². The minimum Gasteiger partial charge on any atom is -0.496 e. The number of nitrogens with one attached hydrogen (secondary N) is 2. The number of hydrogen-bond donors (Lipinski definition) is 2. The molecule has 0 fully saturated rings. The van der Waals surface area contributed by atoms with Crippen LogP contribution in [0.3, 0.4) is 0 Å². The zero-order valence-electron chi connectivity index (χ0n) is 11.3. The van der Waals surface area contributed by atoms with Gasteiger partial charge in [0.25, 0.3) is 0 Å². The molecule has 2 rings (SSSR count). The van der Waals surface area contributed by atoms with E-state index in [0.29, 0.717) is 0 Å². The molecule has 0 radical (unpaired) electrons. The first-order valence-electron chi connectivity index (χ1n) is 6.00. The van der Waals surface area contributed by atoms with Crippen LogP contribution in [0.2, 0.25) is 0 Å². The Morgan fingerprint density at radius 3 is 2.67 bits per heavy atom. The zero-order chi connectivity index (χ0) is 13.1. The van der Waals surface area contributed by atoms with Gasteiger partial charge >= 0.3 is 0 Å². The number of rotatable bonds is 4. The van der Waals surface area contributed by atoms with Crippen molar-refractivity contribution in [1.82, 2.24) is 10.2 Å². The summed E-state index contributed by atoms with van der Waals surface area (Å²) in [5, 5.41) is 10.5. The number of aryl methyl sites for hydroxylation is 3. The van der Waals surface area contributed by atoms with Crippen LogP contribution >= 0.6 is 0 Å². The summed E-state index contributed by atoms with van der Waals surface area (Å²) in [6.45, 7) is 6.80. The van der Waals surface area contributed by atoms with E-state index in [1.807, 2.05) is 19.9 Å². The molecule has 4 heteroatoms. The standard InChI is InChI=1S/C14H19N3O/c1-9-5-6-13(18-4)12(7-9)8-15-14-10(2)16-17-11(14)3/h5-7,15H,8H2,1-4H3,(H,16,17). The van der Waals surface area contributed by atoms with Crippen LogP contribution in [0.1, 0.15) is 22.5 Å². The zero-order valence-corrected chi connectivity index (χ0v) is 11.3. The van der Waals surface area contributed by atoms with Gasteiger partial charge in [-0.15, -0.1) is 0 Å². The Morgan fingerprint density at radius 1 is 1.28 bits per heavy atom. The Morgan fingerprint density at radius 2 is 2.06 bits per heavy atom. The van der Waals surface area contributed by atoms with Gasteiger partial charge in [-0.25, -0.2) is 0 Å². The molecular formula is C14H19N3O. The van der Waals surface area contributed by atoms with Crippen molar-refractivity contribution in [2.75, 3.05) is 12.4 Å². The molecule has 0 amide bonds. The van der Waals surface area contributed by atoms with Gasteiger partial charge in [0.1, 0.15) is 5.75 Å². The molecule has 1 aromatic heterocycles. The molecule has 1 heterocycles. The van der Waals surface area contributed by atoms with E-state index >= 15 is 0 Å². The molecule has 4 nitrogen and oxygen atoms in total. The molecule has 96 valence electrons. The van der Waals surface area contributed by atoms with Crippen LogP contribution in [0, 0.1) is 20.8 Å². The number of aromatic nitrogens is 2. The smallest absolute Gasteiger partial charge is 0.123 e. The van der Waals surface area contributed by atoms with Crippen molar-refractivity contribution in [2.45, 2.75) is 27.3 Å². The lowest BCUT2D eigenvalue weighted by molar-refractivity contribution is 0.410. The average molecular weight is 245 g/mol. The normalized spacial score (nSPS) is 10.4. The highest BCUT2D eigenvalue weighted by molar-refractivity contribution is 5.52. The first-order valence-corrected chi connectivity index (χ1v) is 6.00. The molecule has 1 aromatic carbocycles. The molecule has 0 aliphatic rings. The summed E-state index contributed by atoms with van der Waals surface area (Å²) in [4.78, 5) is 0. The molecule has 0 unspecified atom stereocenters. The fraction of sp³-hybridized carbons (Fsp3) is 0.357. The predicted molar refractivity (Wildman–Crippen MR) is 73.1 cm³/mol. The number of ether oxygens (including phenoxy) is 1. The highest BCUT2D eigenvalue weighted by atomic mass is 16.5. The van der Waals surface area contributed by atoms with Gasteiger partial charge < -0.3 is 10.1 Å². The Kier molecular flexibility index (Phi) is 3.55. The van der Waals surface area contributed by atoms with Crippen molar-refractivity contribution in [3.63, 3.8) is 0 Å². The number of aromatic amines is 1. The van der Waals surface area contributed by atoms with Gasteiger partial charge in [0, 0.05) is 12.1 Å². The van der Waals surface area contributed by atoms with Crippen LogP contribution < -0.4 is 10.1 Å². The molecule has 0 spiro atoms. The largest absolute Gasteiger partial charge is 0.496 e. The van der Waals surface area contributed by atoms with Crippen molar-refractivity contribution in [1.29, 1.82) is 0 Å². The fourth-order valence-electron chi connectivity index (χ4n) is 2.04. The van der Waals surface area contributed by atoms with Gasteiger partial charge in [0.2, 0.25) is 0 Å².